The summed E-state index contributed by atoms with van der Waals surface area (Å²) in [7, 11) is 0. The Morgan fingerprint density at radius 1 is 1.05 bits per heavy atom. The molecule has 0 saturated carbocycles. The van der Waals surface area contributed by atoms with Gasteiger partial charge in [-0.15, -0.1) is 0 Å². The number of rotatable bonds is 3. The first kappa shape index (κ1) is 13.4. The molecule has 1 aromatic heterocycles. The predicted octanol–water partition coefficient (Wildman–Crippen LogP) is 2.82. The van der Waals surface area contributed by atoms with Crippen LogP contribution in [-0.2, 0) is 6.54 Å². The second-order valence-electron chi connectivity index (χ2n) is 4.79. The Morgan fingerprint density at radius 2 is 1.86 bits per heavy atom. The van der Waals surface area contributed by atoms with Crippen molar-refractivity contribution in [3.63, 3.8) is 0 Å². The van der Waals surface area contributed by atoms with Crippen LogP contribution in [-0.4, -0.2) is 21.5 Å². The van der Waals surface area contributed by atoms with Crippen LogP contribution in [0.1, 0.15) is 17.5 Å². The van der Waals surface area contributed by atoms with Crippen molar-refractivity contribution >= 4 is 10.9 Å². The number of nitrogens with zero attached hydrogens (tertiary/aromatic N) is 2. The lowest BCUT2D eigenvalue weighted by molar-refractivity contribution is 0.305. The van der Waals surface area contributed by atoms with E-state index >= 15 is 0 Å². The lowest BCUT2D eigenvalue weighted by atomic mass is 10.1. The third-order valence-electron chi connectivity index (χ3n) is 3.35. The van der Waals surface area contributed by atoms with Gasteiger partial charge in [0.1, 0.15) is 0 Å². The Labute approximate surface area is 123 Å². The van der Waals surface area contributed by atoms with E-state index in [0.29, 0.717) is 13.0 Å². The van der Waals surface area contributed by atoms with E-state index in [4.69, 9.17) is 5.11 Å². The topological polar surface area (TPSA) is 38.0 Å². The number of benzene rings is 2. The van der Waals surface area contributed by atoms with E-state index in [9.17, 15) is 0 Å². The fourth-order valence-electron chi connectivity index (χ4n) is 2.31. The van der Waals surface area contributed by atoms with Crippen LogP contribution in [0.4, 0.5) is 0 Å². The van der Waals surface area contributed by atoms with Crippen LogP contribution in [0.25, 0.3) is 10.9 Å². The van der Waals surface area contributed by atoms with Gasteiger partial charge < -0.3 is 5.11 Å². The zero-order valence-corrected chi connectivity index (χ0v) is 11.7. The molecular formula is C18H16N2O. The van der Waals surface area contributed by atoms with Crippen molar-refractivity contribution in [3.8, 4) is 11.8 Å². The van der Waals surface area contributed by atoms with Crippen LogP contribution < -0.4 is 0 Å². The Hall–Kier alpha value is -2.57. The Morgan fingerprint density at radius 3 is 2.76 bits per heavy atom. The summed E-state index contributed by atoms with van der Waals surface area (Å²) < 4.78 is 1.99. The molecule has 21 heavy (non-hydrogen) atoms. The maximum absolute atomic E-state index is 8.82. The molecule has 0 spiro atoms. The Bertz CT molecular complexity index is 808. The first-order valence-corrected chi connectivity index (χ1v) is 6.96. The molecule has 0 aliphatic rings. The minimum Gasteiger partial charge on any atom is -0.395 e. The molecule has 1 N–H and O–H groups in total. The molecule has 3 aromatic rings. The highest BCUT2D eigenvalue weighted by atomic mass is 16.2. The maximum atomic E-state index is 8.82. The third-order valence-corrected chi connectivity index (χ3v) is 3.35. The van der Waals surface area contributed by atoms with Gasteiger partial charge in [-0.3, -0.25) is 4.68 Å². The van der Waals surface area contributed by atoms with Gasteiger partial charge >= 0.3 is 0 Å². The van der Waals surface area contributed by atoms with Crippen molar-refractivity contribution in [2.45, 2.75) is 13.0 Å². The molecule has 104 valence electrons. The van der Waals surface area contributed by atoms with Crippen molar-refractivity contribution in [2.75, 3.05) is 6.61 Å². The SMILES string of the molecule is OCCC#Cc1ccccc1Cn1ncc2ccccc21. The van der Waals surface area contributed by atoms with Gasteiger partial charge in [0.05, 0.1) is 24.9 Å². The first-order chi connectivity index (χ1) is 10.4. The van der Waals surface area contributed by atoms with E-state index in [1.165, 1.54) is 0 Å². The normalized spacial score (nSPS) is 10.3. The van der Waals surface area contributed by atoms with Crippen molar-refractivity contribution in [1.29, 1.82) is 0 Å². The summed E-state index contributed by atoms with van der Waals surface area (Å²) in [5, 5.41) is 14.4. The van der Waals surface area contributed by atoms with E-state index in [1.807, 2.05) is 41.2 Å². The van der Waals surface area contributed by atoms with Crippen molar-refractivity contribution < 1.29 is 5.11 Å². The number of aliphatic hydroxyl groups excluding tert-OH is 1. The third kappa shape index (κ3) is 2.96. The predicted molar refractivity (Wildman–Crippen MR) is 83.9 cm³/mol. The van der Waals surface area contributed by atoms with Gasteiger partial charge in [-0.2, -0.15) is 5.10 Å². The molecule has 0 bridgehead atoms. The molecule has 0 atom stereocenters. The second-order valence-corrected chi connectivity index (χ2v) is 4.79. The zero-order valence-electron chi connectivity index (χ0n) is 11.7. The summed E-state index contributed by atoms with van der Waals surface area (Å²) in [6.45, 7) is 0.788. The summed E-state index contributed by atoms with van der Waals surface area (Å²) in [6.07, 6.45) is 2.38. The van der Waals surface area contributed by atoms with E-state index < -0.39 is 0 Å². The minimum atomic E-state index is 0.0962. The number of para-hydroxylation sites is 1. The Balaban J connectivity index is 1.93. The molecule has 3 rings (SSSR count). The molecule has 0 fully saturated rings. The van der Waals surface area contributed by atoms with Gasteiger partial charge in [0, 0.05) is 17.4 Å². The van der Waals surface area contributed by atoms with Crippen molar-refractivity contribution in [2.24, 2.45) is 0 Å². The highest BCUT2D eigenvalue weighted by Crippen LogP contribution is 2.16. The van der Waals surface area contributed by atoms with Crippen LogP contribution in [0.15, 0.2) is 54.7 Å². The number of hydrogen-bond acceptors (Lipinski definition) is 2. The summed E-state index contributed by atoms with van der Waals surface area (Å²) in [5.41, 5.74) is 3.25. The van der Waals surface area contributed by atoms with Crippen LogP contribution in [0, 0.1) is 11.8 Å². The van der Waals surface area contributed by atoms with Gasteiger partial charge in [-0.05, 0) is 17.7 Å². The van der Waals surface area contributed by atoms with Crippen LogP contribution in [0.3, 0.4) is 0 Å². The van der Waals surface area contributed by atoms with Gasteiger partial charge in [0.25, 0.3) is 0 Å². The lowest BCUT2D eigenvalue weighted by Gasteiger charge is -2.06. The quantitative estimate of drug-likeness (QED) is 0.747. The molecule has 1 heterocycles. The van der Waals surface area contributed by atoms with E-state index in [0.717, 1.165) is 22.0 Å². The zero-order chi connectivity index (χ0) is 14.5. The van der Waals surface area contributed by atoms with Crippen molar-refractivity contribution in [3.05, 3.63) is 65.9 Å². The first-order valence-electron chi connectivity index (χ1n) is 6.96. The average molecular weight is 276 g/mol. The highest BCUT2D eigenvalue weighted by Gasteiger charge is 2.05. The second kappa shape index (κ2) is 6.25. The number of fused-ring (bicyclic) bond motifs is 1. The number of aliphatic hydroxyl groups is 1. The molecule has 3 nitrogen and oxygen atoms in total. The van der Waals surface area contributed by atoms with Gasteiger partial charge in [-0.25, -0.2) is 0 Å². The van der Waals surface area contributed by atoms with Gasteiger partial charge in [0.2, 0.25) is 0 Å². The molecule has 0 amide bonds. The molecule has 0 unspecified atom stereocenters. The number of aromatic nitrogens is 2. The molecule has 2 aromatic carbocycles. The summed E-state index contributed by atoms with van der Waals surface area (Å²) in [6, 6.07) is 16.2. The van der Waals surface area contributed by atoms with Crippen molar-refractivity contribution in [1.82, 2.24) is 9.78 Å². The Kier molecular flexibility index (Phi) is 3.99. The summed E-state index contributed by atoms with van der Waals surface area (Å²) >= 11 is 0. The molecule has 3 heteroatoms. The average Bonchev–Trinajstić information content (AvgIpc) is 2.93. The standard InChI is InChI=1S/C18H16N2O/c21-12-6-5-8-15-7-1-2-10-17(15)14-20-18-11-4-3-9-16(18)13-19-20/h1-4,7,9-11,13,21H,6,12,14H2. The molecule has 0 aliphatic carbocycles. The molecule has 0 radical (unpaired) electrons. The fourth-order valence-corrected chi connectivity index (χ4v) is 2.31. The smallest absolute Gasteiger partial charge is 0.0686 e. The highest BCUT2D eigenvalue weighted by molar-refractivity contribution is 5.78. The van der Waals surface area contributed by atoms with E-state index in [2.05, 4.69) is 35.1 Å². The summed E-state index contributed by atoms with van der Waals surface area (Å²) in [4.78, 5) is 0. The maximum Gasteiger partial charge on any atom is 0.0686 e. The van der Waals surface area contributed by atoms with Crippen LogP contribution >= 0.6 is 0 Å². The van der Waals surface area contributed by atoms with Crippen LogP contribution in [0.5, 0.6) is 0 Å². The summed E-state index contributed by atoms with van der Waals surface area (Å²) in [5.74, 6) is 6.10. The molecule has 0 aliphatic heterocycles. The van der Waals surface area contributed by atoms with Gasteiger partial charge in [-0.1, -0.05) is 48.2 Å². The molecule has 0 saturated heterocycles. The van der Waals surface area contributed by atoms with Crippen LogP contribution in [0.2, 0.25) is 0 Å². The van der Waals surface area contributed by atoms with E-state index in [1.54, 1.807) is 0 Å². The monoisotopic (exact) mass is 276 g/mol. The largest absolute Gasteiger partial charge is 0.395 e. The van der Waals surface area contributed by atoms with Gasteiger partial charge in [0.15, 0.2) is 0 Å². The minimum absolute atomic E-state index is 0.0962. The molecular weight excluding hydrogens is 260 g/mol. The van der Waals surface area contributed by atoms with E-state index in [-0.39, 0.29) is 6.61 Å². The lowest BCUT2D eigenvalue weighted by Crippen LogP contribution is -2.03. The number of hydrogen-bond donors (Lipinski definition) is 1. The fraction of sp³-hybridized carbons (Fsp3) is 0.167.